The molecule has 0 saturated carbocycles. The maximum absolute atomic E-state index is 13.7. The van der Waals surface area contributed by atoms with E-state index in [4.69, 9.17) is 4.74 Å². The molecular formula is C27H34N4O4. The Hall–Kier alpha value is -3.55. The highest BCUT2D eigenvalue weighted by molar-refractivity contribution is 6.02. The first-order valence-electron chi connectivity index (χ1n) is 12.0. The summed E-state index contributed by atoms with van der Waals surface area (Å²) < 4.78 is 5.18. The topological polar surface area (TPSA) is 82.2 Å². The molecule has 0 aromatic heterocycles. The molecule has 1 fully saturated rings. The van der Waals surface area contributed by atoms with Crippen LogP contribution in [0.1, 0.15) is 48.5 Å². The molecule has 1 N–H and O–H groups in total. The molecule has 2 aromatic rings. The first-order valence-corrected chi connectivity index (χ1v) is 12.0. The predicted molar refractivity (Wildman–Crippen MR) is 135 cm³/mol. The van der Waals surface area contributed by atoms with Gasteiger partial charge in [-0.25, -0.2) is 4.79 Å². The van der Waals surface area contributed by atoms with Crippen molar-refractivity contribution in [2.45, 2.75) is 44.2 Å². The van der Waals surface area contributed by atoms with Gasteiger partial charge in [-0.2, -0.15) is 0 Å². The summed E-state index contributed by atoms with van der Waals surface area (Å²) in [6, 6.07) is 14.3. The van der Waals surface area contributed by atoms with E-state index in [1.807, 2.05) is 43.0 Å². The van der Waals surface area contributed by atoms with Crippen LogP contribution in [0.2, 0.25) is 0 Å². The van der Waals surface area contributed by atoms with E-state index >= 15 is 0 Å². The number of carbonyl (C=O) groups is 3. The third kappa shape index (κ3) is 4.33. The zero-order valence-electron chi connectivity index (χ0n) is 21.1. The van der Waals surface area contributed by atoms with Crippen molar-refractivity contribution in [2.24, 2.45) is 0 Å². The van der Waals surface area contributed by atoms with Crippen molar-refractivity contribution < 1.29 is 19.1 Å². The lowest BCUT2D eigenvalue weighted by Gasteiger charge is -2.56. The van der Waals surface area contributed by atoms with Crippen LogP contribution in [-0.4, -0.2) is 78.4 Å². The summed E-state index contributed by atoms with van der Waals surface area (Å²) >= 11 is 0. The van der Waals surface area contributed by atoms with E-state index in [1.54, 1.807) is 55.3 Å². The Balaban J connectivity index is 1.63. The van der Waals surface area contributed by atoms with Gasteiger partial charge in [-0.1, -0.05) is 18.2 Å². The van der Waals surface area contributed by atoms with Gasteiger partial charge in [0.15, 0.2) is 0 Å². The number of nitrogens with zero attached hydrogens (tertiary/aromatic N) is 3. The van der Waals surface area contributed by atoms with Gasteiger partial charge in [-0.3, -0.25) is 9.59 Å². The fourth-order valence-corrected chi connectivity index (χ4v) is 5.58. The van der Waals surface area contributed by atoms with E-state index in [1.165, 1.54) is 0 Å². The first kappa shape index (κ1) is 24.6. The largest absolute Gasteiger partial charge is 0.497 e. The molecule has 1 spiro atoms. The number of rotatable bonds is 4. The van der Waals surface area contributed by atoms with Crippen LogP contribution >= 0.6 is 0 Å². The summed E-state index contributed by atoms with van der Waals surface area (Å²) in [6.07, 6.45) is 1.04. The van der Waals surface area contributed by atoms with Crippen LogP contribution in [0.4, 0.5) is 10.5 Å². The van der Waals surface area contributed by atoms with E-state index in [2.05, 4.69) is 5.32 Å². The van der Waals surface area contributed by atoms with Crippen LogP contribution in [0.5, 0.6) is 5.75 Å². The molecule has 35 heavy (non-hydrogen) atoms. The number of hydrogen-bond acceptors (Lipinski definition) is 4. The van der Waals surface area contributed by atoms with Gasteiger partial charge in [0, 0.05) is 44.5 Å². The SMILES string of the molecule is COc1ccc(NC(=O)N2CCC3(CC2)C(C(=O)N(C)C)c2ccccc2C(=O)N3C(C)C)cc1. The molecule has 0 radical (unpaired) electrons. The molecule has 8 nitrogen and oxygen atoms in total. The number of nitrogens with one attached hydrogen (secondary N) is 1. The highest BCUT2D eigenvalue weighted by Crippen LogP contribution is 2.48. The normalized spacial score (nSPS) is 18.9. The summed E-state index contributed by atoms with van der Waals surface area (Å²) in [7, 11) is 5.11. The van der Waals surface area contributed by atoms with Crippen molar-refractivity contribution in [3.8, 4) is 5.75 Å². The monoisotopic (exact) mass is 478 g/mol. The molecule has 186 valence electrons. The molecule has 4 rings (SSSR count). The summed E-state index contributed by atoms with van der Waals surface area (Å²) in [4.78, 5) is 45.6. The molecule has 4 amide bonds. The summed E-state index contributed by atoms with van der Waals surface area (Å²) in [5.74, 6) is 0.164. The average molecular weight is 479 g/mol. The van der Waals surface area contributed by atoms with Crippen LogP contribution in [-0.2, 0) is 4.79 Å². The minimum atomic E-state index is -0.697. The van der Waals surface area contributed by atoms with E-state index in [0.29, 0.717) is 37.2 Å². The minimum absolute atomic E-state index is 0.0215. The van der Waals surface area contributed by atoms with E-state index in [9.17, 15) is 14.4 Å². The van der Waals surface area contributed by atoms with Crippen molar-refractivity contribution in [2.75, 3.05) is 39.6 Å². The molecular weight excluding hydrogens is 444 g/mol. The fourth-order valence-electron chi connectivity index (χ4n) is 5.58. The molecule has 2 aliphatic rings. The van der Waals surface area contributed by atoms with E-state index in [-0.39, 0.29) is 23.9 Å². The highest BCUT2D eigenvalue weighted by Gasteiger charge is 2.56. The number of urea groups is 1. The van der Waals surface area contributed by atoms with Gasteiger partial charge in [0.1, 0.15) is 5.75 Å². The molecule has 0 aliphatic carbocycles. The maximum Gasteiger partial charge on any atom is 0.321 e. The molecule has 1 saturated heterocycles. The van der Waals surface area contributed by atoms with E-state index in [0.717, 1.165) is 11.3 Å². The van der Waals surface area contributed by atoms with Crippen LogP contribution < -0.4 is 10.1 Å². The van der Waals surface area contributed by atoms with Gasteiger partial charge in [0.25, 0.3) is 5.91 Å². The Morgan fingerprint density at radius 3 is 2.26 bits per heavy atom. The molecule has 2 aliphatic heterocycles. The highest BCUT2D eigenvalue weighted by atomic mass is 16.5. The third-order valence-electron chi connectivity index (χ3n) is 7.20. The number of piperidine rings is 1. The molecule has 2 aromatic carbocycles. The van der Waals surface area contributed by atoms with Crippen LogP contribution in [0.25, 0.3) is 0 Å². The smallest absolute Gasteiger partial charge is 0.321 e. The second kappa shape index (κ2) is 9.60. The lowest BCUT2D eigenvalue weighted by Crippen LogP contribution is -2.67. The number of carbonyl (C=O) groups excluding carboxylic acids is 3. The van der Waals surface area contributed by atoms with E-state index < -0.39 is 11.5 Å². The Kier molecular flexibility index (Phi) is 6.74. The molecule has 2 heterocycles. The third-order valence-corrected chi connectivity index (χ3v) is 7.20. The fraction of sp³-hybridized carbons (Fsp3) is 0.444. The van der Waals surface area contributed by atoms with Crippen LogP contribution in [0, 0.1) is 0 Å². The molecule has 1 atom stereocenters. The zero-order chi connectivity index (χ0) is 25.3. The van der Waals surface area contributed by atoms with Crippen molar-refractivity contribution in [1.82, 2.24) is 14.7 Å². The standard InChI is InChI=1S/C27H34N4O4/c1-18(2)31-24(32)22-9-7-6-8-21(22)23(25(33)29(3)4)27(31)14-16-30(17-15-27)26(34)28-19-10-12-20(35-5)13-11-19/h6-13,18,23H,14-17H2,1-5H3,(H,28,34). The average Bonchev–Trinajstić information content (AvgIpc) is 2.84. The van der Waals surface area contributed by atoms with Crippen LogP contribution in [0.15, 0.2) is 48.5 Å². The van der Waals surface area contributed by atoms with Crippen molar-refractivity contribution in [1.29, 1.82) is 0 Å². The number of likely N-dealkylation sites (N-methyl/N-ethyl adjacent to an activating group) is 1. The van der Waals surface area contributed by atoms with Crippen LogP contribution in [0.3, 0.4) is 0 Å². The van der Waals surface area contributed by atoms with Gasteiger partial charge in [0.2, 0.25) is 5.91 Å². The Bertz CT molecular complexity index is 1100. The number of ether oxygens (including phenoxy) is 1. The van der Waals surface area contributed by atoms with Gasteiger partial charge < -0.3 is 24.8 Å². The number of amides is 4. The lowest BCUT2D eigenvalue weighted by atomic mass is 9.66. The number of methoxy groups -OCH3 is 1. The summed E-state index contributed by atoms with van der Waals surface area (Å²) in [6.45, 7) is 4.87. The van der Waals surface area contributed by atoms with Crippen molar-refractivity contribution in [3.63, 3.8) is 0 Å². The number of benzene rings is 2. The number of hydrogen-bond donors (Lipinski definition) is 1. The minimum Gasteiger partial charge on any atom is -0.497 e. The lowest BCUT2D eigenvalue weighted by molar-refractivity contribution is -0.136. The van der Waals surface area contributed by atoms with Gasteiger partial charge in [-0.15, -0.1) is 0 Å². The van der Waals surface area contributed by atoms with Gasteiger partial charge >= 0.3 is 6.03 Å². The number of anilines is 1. The second-order valence-corrected chi connectivity index (χ2v) is 9.77. The van der Waals surface area contributed by atoms with Crippen molar-refractivity contribution in [3.05, 3.63) is 59.7 Å². The summed E-state index contributed by atoms with van der Waals surface area (Å²) in [5.41, 5.74) is 1.36. The first-order chi connectivity index (χ1) is 16.7. The molecule has 1 unspecified atom stereocenters. The van der Waals surface area contributed by atoms with Gasteiger partial charge in [-0.05, 0) is 62.6 Å². The Morgan fingerprint density at radius 1 is 1.06 bits per heavy atom. The molecule has 0 bridgehead atoms. The van der Waals surface area contributed by atoms with Gasteiger partial charge in [0.05, 0.1) is 18.6 Å². The number of likely N-dealkylation sites (tertiary alicyclic amines) is 1. The van der Waals surface area contributed by atoms with Crippen molar-refractivity contribution >= 4 is 23.5 Å². The maximum atomic E-state index is 13.7. The Morgan fingerprint density at radius 2 is 1.69 bits per heavy atom. The molecule has 8 heteroatoms. The number of fused-ring (bicyclic) bond motifs is 1. The second-order valence-electron chi connectivity index (χ2n) is 9.77. The zero-order valence-corrected chi connectivity index (χ0v) is 21.1. The Labute approximate surface area is 206 Å². The predicted octanol–water partition coefficient (Wildman–Crippen LogP) is 3.80. The summed E-state index contributed by atoms with van der Waals surface area (Å²) in [5, 5.41) is 2.94. The quantitative estimate of drug-likeness (QED) is 0.725.